The molecule has 1 aromatic rings. The van der Waals surface area contributed by atoms with Gasteiger partial charge >= 0.3 is 5.97 Å². The van der Waals surface area contributed by atoms with Crippen LogP contribution in [0.1, 0.15) is 10.4 Å². The highest BCUT2D eigenvalue weighted by molar-refractivity contribution is 5.93. The van der Waals surface area contributed by atoms with Crippen LogP contribution in [0.5, 0.6) is 11.5 Å². The summed E-state index contributed by atoms with van der Waals surface area (Å²) in [6.45, 7) is 3.52. The topological polar surface area (TPSA) is 55.8 Å². The van der Waals surface area contributed by atoms with Crippen LogP contribution in [0.15, 0.2) is 30.9 Å². The van der Waals surface area contributed by atoms with E-state index in [9.17, 15) is 9.90 Å². The number of phenolic OH excluding ortho intramolecular Hbond substituents is 1. The van der Waals surface area contributed by atoms with Crippen LogP contribution < -0.4 is 4.74 Å². The summed E-state index contributed by atoms with van der Waals surface area (Å²) in [7, 11) is 1.41. The van der Waals surface area contributed by atoms with Gasteiger partial charge in [-0.3, -0.25) is 0 Å². The molecule has 0 unspecified atom stereocenters. The largest absolute Gasteiger partial charge is 0.504 e. The minimum Gasteiger partial charge on any atom is -0.504 e. The normalized spacial score (nSPS) is 9.40. The van der Waals surface area contributed by atoms with Gasteiger partial charge in [0.2, 0.25) is 0 Å². The fourth-order valence-corrected chi connectivity index (χ4v) is 1.06. The molecule has 80 valence electrons. The summed E-state index contributed by atoms with van der Waals surface area (Å²) >= 11 is 0. The molecule has 0 atom stereocenters. The molecule has 4 heteroatoms. The molecule has 0 heterocycles. The number of phenols is 1. The van der Waals surface area contributed by atoms with Crippen molar-refractivity contribution >= 4 is 5.97 Å². The number of hydrogen-bond acceptors (Lipinski definition) is 4. The lowest BCUT2D eigenvalue weighted by Gasteiger charge is -2.07. The van der Waals surface area contributed by atoms with Crippen molar-refractivity contribution in [2.45, 2.75) is 0 Å². The van der Waals surface area contributed by atoms with Gasteiger partial charge in [0.05, 0.1) is 7.11 Å². The predicted molar refractivity (Wildman–Crippen MR) is 55.1 cm³/mol. The van der Waals surface area contributed by atoms with Gasteiger partial charge in [-0.15, -0.1) is 0 Å². The van der Waals surface area contributed by atoms with Crippen molar-refractivity contribution in [1.29, 1.82) is 0 Å². The van der Waals surface area contributed by atoms with Crippen molar-refractivity contribution in [2.24, 2.45) is 0 Å². The van der Waals surface area contributed by atoms with Crippen LogP contribution in [0, 0.1) is 0 Å². The van der Waals surface area contributed by atoms with Crippen LogP contribution in [0.4, 0.5) is 0 Å². The second kappa shape index (κ2) is 5.05. The summed E-state index contributed by atoms with van der Waals surface area (Å²) in [5.74, 6) is -0.580. The van der Waals surface area contributed by atoms with E-state index in [2.05, 4.69) is 6.58 Å². The molecule has 4 nitrogen and oxygen atoms in total. The fraction of sp³-hybridized carbons (Fsp3) is 0.182. The Balaban J connectivity index is 2.93. The number of para-hydroxylation sites is 1. The van der Waals surface area contributed by atoms with Crippen molar-refractivity contribution in [3.63, 3.8) is 0 Å². The lowest BCUT2D eigenvalue weighted by molar-refractivity contribution is 0.0546. The molecule has 0 amide bonds. The third-order valence-corrected chi connectivity index (χ3v) is 1.77. The maximum atomic E-state index is 11.4. The van der Waals surface area contributed by atoms with Crippen molar-refractivity contribution in [3.8, 4) is 11.5 Å². The van der Waals surface area contributed by atoms with Crippen molar-refractivity contribution < 1.29 is 19.4 Å². The molecule has 0 radical (unpaired) electrons. The molecule has 0 spiro atoms. The summed E-state index contributed by atoms with van der Waals surface area (Å²) in [6.07, 6.45) is 1.45. The zero-order chi connectivity index (χ0) is 11.3. The maximum absolute atomic E-state index is 11.4. The minimum atomic E-state index is -0.605. The van der Waals surface area contributed by atoms with Gasteiger partial charge in [0.1, 0.15) is 12.2 Å². The Morgan fingerprint density at radius 2 is 2.33 bits per heavy atom. The number of aromatic hydroxyl groups is 1. The number of carbonyl (C=O) groups is 1. The number of benzene rings is 1. The van der Waals surface area contributed by atoms with Crippen LogP contribution in [0.3, 0.4) is 0 Å². The second-order valence-electron chi connectivity index (χ2n) is 2.74. The monoisotopic (exact) mass is 208 g/mol. The van der Waals surface area contributed by atoms with Gasteiger partial charge in [-0.05, 0) is 12.1 Å². The number of methoxy groups -OCH3 is 1. The highest BCUT2D eigenvalue weighted by Crippen LogP contribution is 2.29. The van der Waals surface area contributed by atoms with Crippen LogP contribution >= 0.6 is 0 Å². The third-order valence-electron chi connectivity index (χ3n) is 1.77. The standard InChI is InChI=1S/C11H12O4/c1-3-7-15-11(13)8-5-4-6-9(14-2)10(8)12/h3-6,12H,1,7H2,2H3. The molecule has 0 aliphatic rings. The Kier molecular flexibility index (Phi) is 3.74. The molecule has 0 saturated heterocycles. The van der Waals surface area contributed by atoms with E-state index in [-0.39, 0.29) is 23.7 Å². The number of ether oxygens (including phenoxy) is 2. The van der Waals surface area contributed by atoms with Gasteiger partial charge in [-0.2, -0.15) is 0 Å². The Hall–Kier alpha value is -1.97. The van der Waals surface area contributed by atoms with Gasteiger partial charge in [0, 0.05) is 0 Å². The lowest BCUT2D eigenvalue weighted by Crippen LogP contribution is -2.05. The summed E-state index contributed by atoms with van der Waals surface area (Å²) < 4.78 is 9.65. The summed E-state index contributed by atoms with van der Waals surface area (Å²) in [5.41, 5.74) is 0.0798. The number of rotatable bonds is 4. The lowest BCUT2D eigenvalue weighted by atomic mass is 10.2. The van der Waals surface area contributed by atoms with Gasteiger partial charge < -0.3 is 14.6 Å². The molecule has 0 saturated carbocycles. The van der Waals surface area contributed by atoms with Crippen LogP contribution in [-0.2, 0) is 4.74 Å². The van der Waals surface area contributed by atoms with Gasteiger partial charge in [0.25, 0.3) is 0 Å². The van der Waals surface area contributed by atoms with E-state index in [0.717, 1.165) is 0 Å². The molecule has 1 aromatic carbocycles. The van der Waals surface area contributed by atoms with E-state index in [0.29, 0.717) is 0 Å². The molecule has 0 aromatic heterocycles. The van der Waals surface area contributed by atoms with E-state index >= 15 is 0 Å². The summed E-state index contributed by atoms with van der Waals surface area (Å²) in [5, 5.41) is 9.61. The molecule has 15 heavy (non-hydrogen) atoms. The Morgan fingerprint density at radius 3 is 2.93 bits per heavy atom. The molecule has 0 aliphatic heterocycles. The minimum absolute atomic E-state index is 0.0798. The van der Waals surface area contributed by atoms with Gasteiger partial charge in [-0.25, -0.2) is 4.79 Å². The van der Waals surface area contributed by atoms with Crippen LogP contribution in [-0.4, -0.2) is 24.8 Å². The Labute approximate surface area is 87.7 Å². The van der Waals surface area contributed by atoms with E-state index in [1.54, 1.807) is 12.1 Å². The Morgan fingerprint density at radius 1 is 1.60 bits per heavy atom. The molecule has 1 N–H and O–H groups in total. The van der Waals surface area contributed by atoms with E-state index in [1.165, 1.54) is 19.3 Å². The average molecular weight is 208 g/mol. The van der Waals surface area contributed by atoms with Gasteiger partial charge in [0.15, 0.2) is 11.5 Å². The quantitative estimate of drug-likeness (QED) is 0.605. The molecular weight excluding hydrogens is 196 g/mol. The second-order valence-corrected chi connectivity index (χ2v) is 2.74. The first kappa shape index (κ1) is 11.1. The molecule has 0 aliphatic carbocycles. The number of carbonyl (C=O) groups excluding carboxylic acids is 1. The van der Waals surface area contributed by atoms with Crippen molar-refractivity contribution in [1.82, 2.24) is 0 Å². The number of hydrogen-bond donors (Lipinski definition) is 1. The summed E-state index contributed by atoms with van der Waals surface area (Å²) in [4.78, 5) is 11.4. The fourth-order valence-electron chi connectivity index (χ4n) is 1.06. The number of esters is 1. The maximum Gasteiger partial charge on any atom is 0.342 e. The van der Waals surface area contributed by atoms with Crippen molar-refractivity contribution in [2.75, 3.05) is 13.7 Å². The summed E-state index contributed by atoms with van der Waals surface area (Å²) in [6, 6.07) is 4.62. The zero-order valence-corrected chi connectivity index (χ0v) is 8.40. The van der Waals surface area contributed by atoms with E-state index < -0.39 is 5.97 Å². The van der Waals surface area contributed by atoms with Crippen LogP contribution in [0.25, 0.3) is 0 Å². The highest BCUT2D eigenvalue weighted by Gasteiger charge is 2.15. The first-order chi connectivity index (χ1) is 7.20. The van der Waals surface area contributed by atoms with Crippen molar-refractivity contribution in [3.05, 3.63) is 36.4 Å². The smallest absolute Gasteiger partial charge is 0.342 e. The highest BCUT2D eigenvalue weighted by atomic mass is 16.5. The molecular formula is C11H12O4. The van der Waals surface area contributed by atoms with Crippen LogP contribution in [0.2, 0.25) is 0 Å². The van der Waals surface area contributed by atoms with Gasteiger partial charge in [-0.1, -0.05) is 18.7 Å². The van der Waals surface area contributed by atoms with E-state index in [1.807, 2.05) is 0 Å². The molecule has 0 bridgehead atoms. The first-order valence-corrected chi connectivity index (χ1v) is 4.34. The molecule has 1 rings (SSSR count). The predicted octanol–water partition coefficient (Wildman–Crippen LogP) is 1.74. The Bertz CT molecular complexity index is 371. The zero-order valence-electron chi connectivity index (χ0n) is 8.40. The first-order valence-electron chi connectivity index (χ1n) is 4.34. The average Bonchev–Trinajstić information content (AvgIpc) is 2.26. The SMILES string of the molecule is C=CCOC(=O)c1cccc(OC)c1O. The third kappa shape index (κ3) is 2.49. The molecule has 0 fully saturated rings. The van der Waals surface area contributed by atoms with E-state index in [4.69, 9.17) is 9.47 Å².